The van der Waals surface area contributed by atoms with Gasteiger partial charge in [-0.15, -0.1) is 0 Å². The van der Waals surface area contributed by atoms with Crippen LogP contribution in [-0.4, -0.2) is 32.2 Å². The zero-order chi connectivity index (χ0) is 22.4. The number of anilines is 1. The van der Waals surface area contributed by atoms with Crippen molar-refractivity contribution >= 4 is 23.6 Å². The molecular weight excluding hydrogens is 394 g/mol. The molecule has 3 rings (SSSR count). The second-order valence-electron chi connectivity index (χ2n) is 6.75. The van der Waals surface area contributed by atoms with Gasteiger partial charge in [-0.3, -0.25) is 9.69 Å². The van der Waals surface area contributed by atoms with Crippen LogP contribution in [0.15, 0.2) is 78.0 Å². The van der Waals surface area contributed by atoms with Gasteiger partial charge < -0.3 is 14.2 Å². The first-order valence-corrected chi connectivity index (χ1v) is 9.92. The highest BCUT2D eigenvalue weighted by Gasteiger charge is 2.38. The molecule has 0 bridgehead atoms. The molecule has 0 atom stereocenters. The first kappa shape index (κ1) is 21.9. The summed E-state index contributed by atoms with van der Waals surface area (Å²) < 4.78 is 15.9. The van der Waals surface area contributed by atoms with Crippen molar-refractivity contribution < 1.29 is 23.8 Å². The average Bonchev–Trinajstić information content (AvgIpc) is 3.03. The van der Waals surface area contributed by atoms with Gasteiger partial charge in [0.25, 0.3) is 5.91 Å². The van der Waals surface area contributed by atoms with E-state index in [1.807, 2.05) is 12.1 Å². The zero-order valence-electron chi connectivity index (χ0n) is 17.9. The molecule has 1 amide bonds. The summed E-state index contributed by atoms with van der Waals surface area (Å²) in [5, 5.41) is 0. The van der Waals surface area contributed by atoms with Crippen LogP contribution in [0, 0.1) is 0 Å². The maximum absolute atomic E-state index is 13.3. The lowest BCUT2D eigenvalue weighted by molar-refractivity contribution is -0.138. The minimum atomic E-state index is -0.526. The maximum Gasteiger partial charge on any atom is 0.340 e. The summed E-state index contributed by atoms with van der Waals surface area (Å²) in [4.78, 5) is 27.6. The number of carbonyl (C=O) groups is 2. The fourth-order valence-electron chi connectivity index (χ4n) is 3.31. The molecule has 6 heteroatoms. The molecule has 6 nitrogen and oxygen atoms in total. The van der Waals surface area contributed by atoms with Crippen LogP contribution in [0.5, 0.6) is 11.5 Å². The fourth-order valence-corrected chi connectivity index (χ4v) is 3.31. The Morgan fingerprint density at radius 1 is 1.06 bits per heavy atom. The van der Waals surface area contributed by atoms with Crippen LogP contribution in [0.4, 0.5) is 5.69 Å². The lowest BCUT2D eigenvalue weighted by Crippen LogP contribution is -2.24. The molecule has 0 radical (unpaired) electrons. The topological polar surface area (TPSA) is 65.1 Å². The Morgan fingerprint density at radius 3 is 2.29 bits per heavy atom. The third-order valence-electron chi connectivity index (χ3n) is 4.77. The number of carbonyl (C=O) groups excluding carboxylic acids is 2. The standard InChI is InChI=1S/C25H25NO5/c1-5-15-31-21-11-7-18(8-12-21)16-22-23(25(28)30-6-2)17(3)26(24(22)27)19-9-13-20(29-4)14-10-19/h5,7-14,16H,1,6,15H2,2-4H3. The number of hydrogen-bond acceptors (Lipinski definition) is 5. The van der Waals surface area contributed by atoms with Gasteiger partial charge >= 0.3 is 5.97 Å². The summed E-state index contributed by atoms with van der Waals surface area (Å²) in [5.41, 5.74) is 2.47. The number of methoxy groups -OCH3 is 1. The summed E-state index contributed by atoms with van der Waals surface area (Å²) in [7, 11) is 1.58. The molecule has 1 heterocycles. The molecule has 0 unspecified atom stereocenters. The second kappa shape index (κ2) is 9.80. The third kappa shape index (κ3) is 4.69. The Morgan fingerprint density at radius 2 is 1.71 bits per heavy atom. The van der Waals surface area contributed by atoms with Crippen LogP contribution in [0.3, 0.4) is 0 Å². The predicted molar refractivity (Wildman–Crippen MR) is 120 cm³/mol. The summed E-state index contributed by atoms with van der Waals surface area (Å²) in [6.45, 7) is 7.72. The van der Waals surface area contributed by atoms with E-state index < -0.39 is 5.97 Å². The summed E-state index contributed by atoms with van der Waals surface area (Å²) in [5.74, 6) is 0.549. The number of hydrogen-bond donors (Lipinski definition) is 0. The molecular formula is C25H25NO5. The molecule has 0 aliphatic carbocycles. The van der Waals surface area contributed by atoms with Crippen LogP contribution < -0.4 is 14.4 Å². The first-order valence-electron chi connectivity index (χ1n) is 9.92. The molecule has 0 aromatic heterocycles. The smallest absolute Gasteiger partial charge is 0.340 e. The first-order chi connectivity index (χ1) is 15.0. The van der Waals surface area contributed by atoms with Crippen LogP contribution in [-0.2, 0) is 14.3 Å². The number of amides is 1. The Balaban J connectivity index is 2.01. The number of rotatable bonds is 8. The van der Waals surface area contributed by atoms with Crippen molar-refractivity contribution in [3.05, 3.63) is 83.6 Å². The Kier molecular flexibility index (Phi) is 6.92. The van der Waals surface area contributed by atoms with Gasteiger partial charge in [-0.1, -0.05) is 24.8 Å². The van der Waals surface area contributed by atoms with Crippen molar-refractivity contribution in [2.75, 3.05) is 25.2 Å². The Hall–Kier alpha value is -3.80. The number of benzene rings is 2. The molecule has 1 aliphatic rings. The molecule has 0 fully saturated rings. The molecule has 31 heavy (non-hydrogen) atoms. The van der Waals surface area contributed by atoms with Gasteiger partial charge in [-0.05, 0) is 61.9 Å². The normalized spacial score (nSPS) is 14.7. The Labute approximate surface area is 182 Å². The predicted octanol–water partition coefficient (Wildman–Crippen LogP) is 4.53. The average molecular weight is 419 g/mol. The SMILES string of the molecule is C=CCOc1ccc(C=C2C(=O)N(c3ccc(OC)cc3)C(C)=C2C(=O)OCC)cc1. The van der Waals surface area contributed by atoms with Gasteiger partial charge in [-0.25, -0.2) is 4.79 Å². The molecule has 1 aliphatic heterocycles. The molecule has 2 aromatic carbocycles. The van der Waals surface area contributed by atoms with E-state index in [0.29, 0.717) is 29.5 Å². The monoisotopic (exact) mass is 419 g/mol. The van der Waals surface area contributed by atoms with Gasteiger partial charge in [-0.2, -0.15) is 0 Å². The molecule has 0 N–H and O–H groups in total. The van der Waals surface area contributed by atoms with Gasteiger partial charge in [0.2, 0.25) is 0 Å². The maximum atomic E-state index is 13.3. The highest BCUT2D eigenvalue weighted by Crippen LogP contribution is 2.36. The van der Waals surface area contributed by atoms with E-state index in [4.69, 9.17) is 14.2 Å². The zero-order valence-corrected chi connectivity index (χ0v) is 17.9. The number of ether oxygens (including phenoxy) is 3. The van der Waals surface area contributed by atoms with Crippen LogP contribution >= 0.6 is 0 Å². The van der Waals surface area contributed by atoms with E-state index >= 15 is 0 Å². The van der Waals surface area contributed by atoms with Crippen molar-refractivity contribution in [2.45, 2.75) is 13.8 Å². The number of esters is 1. The van der Waals surface area contributed by atoms with Gasteiger partial charge in [0.1, 0.15) is 18.1 Å². The largest absolute Gasteiger partial charge is 0.497 e. The van der Waals surface area contributed by atoms with Crippen molar-refractivity contribution in [3.63, 3.8) is 0 Å². The summed E-state index contributed by atoms with van der Waals surface area (Å²) >= 11 is 0. The quantitative estimate of drug-likeness (QED) is 0.357. The number of nitrogens with zero attached hydrogens (tertiary/aromatic N) is 1. The molecule has 2 aromatic rings. The van der Waals surface area contributed by atoms with E-state index in [1.165, 1.54) is 4.90 Å². The Bertz CT molecular complexity index is 1030. The van der Waals surface area contributed by atoms with E-state index in [2.05, 4.69) is 6.58 Å². The molecule has 0 saturated carbocycles. The second-order valence-corrected chi connectivity index (χ2v) is 6.75. The van der Waals surface area contributed by atoms with Crippen molar-refractivity contribution in [3.8, 4) is 11.5 Å². The van der Waals surface area contributed by atoms with Crippen LogP contribution in [0.1, 0.15) is 19.4 Å². The summed E-state index contributed by atoms with van der Waals surface area (Å²) in [6.07, 6.45) is 3.36. The lowest BCUT2D eigenvalue weighted by Gasteiger charge is -2.18. The van der Waals surface area contributed by atoms with Crippen molar-refractivity contribution in [1.82, 2.24) is 0 Å². The van der Waals surface area contributed by atoms with Gasteiger partial charge in [0.05, 0.1) is 24.9 Å². The molecule has 0 saturated heterocycles. The lowest BCUT2D eigenvalue weighted by atomic mass is 10.0. The van der Waals surface area contributed by atoms with E-state index in [-0.39, 0.29) is 23.7 Å². The number of allylic oxidation sites excluding steroid dienone is 1. The highest BCUT2D eigenvalue weighted by molar-refractivity contribution is 6.23. The molecule has 160 valence electrons. The highest BCUT2D eigenvalue weighted by atomic mass is 16.5. The minimum absolute atomic E-state index is 0.217. The van der Waals surface area contributed by atoms with E-state index in [9.17, 15) is 9.59 Å². The molecule has 0 spiro atoms. The van der Waals surface area contributed by atoms with Crippen LogP contribution in [0.2, 0.25) is 0 Å². The van der Waals surface area contributed by atoms with Gasteiger partial charge in [0, 0.05) is 11.4 Å². The van der Waals surface area contributed by atoms with Crippen molar-refractivity contribution in [2.24, 2.45) is 0 Å². The fraction of sp³-hybridized carbons (Fsp3) is 0.200. The summed E-state index contributed by atoms with van der Waals surface area (Å²) in [6, 6.07) is 14.3. The van der Waals surface area contributed by atoms with Crippen molar-refractivity contribution in [1.29, 1.82) is 0 Å². The third-order valence-corrected chi connectivity index (χ3v) is 4.77. The minimum Gasteiger partial charge on any atom is -0.497 e. The van der Waals surface area contributed by atoms with Gasteiger partial charge in [0.15, 0.2) is 0 Å². The van der Waals surface area contributed by atoms with E-state index in [0.717, 1.165) is 5.56 Å². The van der Waals surface area contributed by atoms with E-state index in [1.54, 1.807) is 69.5 Å². The van der Waals surface area contributed by atoms with Crippen LogP contribution in [0.25, 0.3) is 6.08 Å².